The lowest BCUT2D eigenvalue weighted by atomic mass is 10.1. The highest BCUT2D eigenvalue weighted by Crippen LogP contribution is 2.16. The van der Waals surface area contributed by atoms with Crippen molar-refractivity contribution in [3.8, 4) is 0 Å². The normalized spacial score (nSPS) is 14.9. The maximum atomic E-state index is 12.1. The number of H-pyrrole nitrogens is 1. The molecular formula is C17H21N3O. The van der Waals surface area contributed by atoms with Crippen LogP contribution in [-0.4, -0.2) is 21.4 Å². The zero-order valence-corrected chi connectivity index (χ0v) is 12.4. The number of hydrogen-bond donors (Lipinski definition) is 1. The Hall–Kier alpha value is -1.94. The topological polar surface area (TPSA) is 49.0 Å². The molecular weight excluding hydrogens is 262 g/mol. The van der Waals surface area contributed by atoms with Crippen molar-refractivity contribution >= 4 is 0 Å². The van der Waals surface area contributed by atoms with Crippen LogP contribution in [-0.2, 0) is 25.9 Å². The molecule has 1 aliphatic heterocycles. The van der Waals surface area contributed by atoms with E-state index in [0.717, 1.165) is 56.0 Å². The van der Waals surface area contributed by atoms with Gasteiger partial charge in [0.05, 0.1) is 5.69 Å². The van der Waals surface area contributed by atoms with E-state index in [1.54, 1.807) is 0 Å². The summed E-state index contributed by atoms with van der Waals surface area (Å²) in [5, 5.41) is 0. The van der Waals surface area contributed by atoms with Gasteiger partial charge in [0.15, 0.2) is 0 Å². The van der Waals surface area contributed by atoms with Crippen LogP contribution in [0.15, 0.2) is 35.1 Å². The third-order valence-electron chi connectivity index (χ3n) is 3.94. The summed E-state index contributed by atoms with van der Waals surface area (Å²) in [5.74, 6) is 0.822. The smallest absolute Gasteiger partial charge is 0.254 e. The van der Waals surface area contributed by atoms with Gasteiger partial charge in [-0.15, -0.1) is 0 Å². The summed E-state index contributed by atoms with van der Waals surface area (Å²) in [5.41, 5.74) is 3.20. The first kappa shape index (κ1) is 14.0. The highest BCUT2D eigenvalue weighted by atomic mass is 16.1. The Morgan fingerprint density at radius 3 is 2.86 bits per heavy atom. The van der Waals surface area contributed by atoms with E-state index in [9.17, 15) is 4.79 Å². The molecule has 0 amide bonds. The standard InChI is InChI=1S/C17H21N3O/c1-2-6-16-18-15-12-20(10-9-14(15)17(21)19-16)11-13-7-4-3-5-8-13/h3-5,7-8H,2,6,9-12H2,1H3,(H,18,19,21). The largest absolute Gasteiger partial charge is 0.310 e. The van der Waals surface area contributed by atoms with Crippen molar-refractivity contribution in [3.05, 3.63) is 63.3 Å². The fourth-order valence-electron chi connectivity index (χ4n) is 2.88. The first-order valence-corrected chi connectivity index (χ1v) is 7.63. The average Bonchev–Trinajstić information content (AvgIpc) is 2.48. The zero-order valence-electron chi connectivity index (χ0n) is 12.4. The number of fused-ring (bicyclic) bond motifs is 1. The van der Waals surface area contributed by atoms with Gasteiger partial charge in [-0.25, -0.2) is 4.98 Å². The van der Waals surface area contributed by atoms with Gasteiger partial charge in [-0.05, 0) is 18.4 Å². The lowest BCUT2D eigenvalue weighted by Gasteiger charge is -2.27. The average molecular weight is 283 g/mol. The number of nitrogens with zero attached hydrogens (tertiary/aromatic N) is 2. The second-order valence-corrected chi connectivity index (χ2v) is 5.63. The summed E-state index contributed by atoms with van der Waals surface area (Å²) in [4.78, 5) is 22.0. The summed E-state index contributed by atoms with van der Waals surface area (Å²) >= 11 is 0. The number of aryl methyl sites for hydroxylation is 1. The summed E-state index contributed by atoms with van der Waals surface area (Å²) < 4.78 is 0. The van der Waals surface area contributed by atoms with Crippen molar-refractivity contribution in [2.24, 2.45) is 0 Å². The summed E-state index contributed by atoms with van der Waals surface area (Å²) in [6.45, 7) is 4.70. The van der Waals surface area contributed by atoms with Gasteiger partial charge in [0.25, 0.3) is 5.56 Å². The number of nitrogens with one attached hydrogen (secondary N) is 1. The Bertz CT molecular complexity index is 663. The molecule has 0 spiro atoms. The minimum Gasteiger partial charge on any atom is -0.310 e. The van der Waals surface area contributed by atoms with Gasteiger partial charge < -0.3 is 4.98 Å². The Kier molecular flexibility index (Phi) is 4.15. The first-order valence-electron chi connectivity index (χ1n) is 7.63. The van der Waals surface area contributed by atoms with Crippen molar-refractivity contribution in [2.45, 2.75) is 39.3 Å². The molecule has 0 saturated carbocycles. The molecule has 0 saturated heterocycles. The van der Waals surface area contributed by atoms with Gasteiger partial charge in [-0.3, -0.25) is 9.69 Å². The van der Waals surface area contributed by atoms with Crippen molar-refractivity contribution < 1.29 is 0 Å². The number of benzene rings is 1. The van der Waals surface area contributed by atoms with E-state index in [1.807, 2.05) is 6.07 Å². The monoisotopic (exact) mass is 283 g/mol. The Balaban J connectivity index is 1.79. The molecule has 0 atom stereocenters. The molecule has 4 nitrogen and oxygen atoms in total. The van der Waals surface area contributed by atoms with Gasteiger partial charge in [-0.2, -0.15) is 0 Å². The van der Waals surface area contributed by atoms with Crippen LogP contribution in [0.2, 0.25) is 0 Å². The number of aromatic amines is 1. The van der Waals surface area contributed by atoms with E-state index in [4.69, 9.17) is 0 Å². The molecule has 0 aliphatic carbocycles. The van der Waals surface area contributed by atoms with Crippen LogP contribution < -0.4 is 5.56 Å². The number of rotatable bonds is 4. The predicted molar refractivity (Wildman–Crippen MR) is 83.1 cm³/mol. The third-order valence-corrected chi connectivity index (χ3v) is 3.94. The highest BCUT2D eigenvalue weighted by Gasteiger charge is 2.20. The van der Waals surface area contributed by atoms with Crippen LogP contribution in [0.5, 0.6) is 0 Å². The molecule has 0 unspecified atom stereocenters. The van der Waals surface area contributed by atoms with Crippen molar-refractivity contribution in [1.29, 1.82) is 0 Å². The van der Waals surface area contributed by atoms with Crippen LogP contribution in [0.3, 0.4) is 0 Å². The maximum Gasteiger partial charge on any atom is 0.254 e. The summed E-state index contributed by atoms with van der Waals surface area (Å²) in [6, 6.07) is 10.4. The van der Waals surface area contributed by atoms with Gasteiger partial charge in [-0.1, -0.05) is 37.3 Å². The van der Waals surface area contributed by atoms with Crippen LogP contribution in [0.1, 0.15) is 36.0 Å². The molecule has 0 fully saturated rings. The van der Waals surface area contributed by atoms with E-state index in [-0.39, 0.29) is 5.56 Å². The van der Waals surface area contributed by atoms with E-state index >= 15 is 0 Å². The van der Waals surface area contributed by atoms with Crippen LogP contribution >= 0.6 is 0 Å². The summed E-state index contributed by atoms with van der Waals surface area (Å²) in [7, 11) is 0. The van der Waals surface area contributed by atoms with Crippen LogP contribution in [0.25, 0.3) is 0 Å². The van der Waals surface area contributed by atoms with E-state index in [2.05, 4.69) is 46.1 Å². The summed E-state index contributed by atoms with van der Waals surface area (Å²) in [6.07, 6.45) is 2.62. The van der Waals surface area contributed by atoms with Gasteiger partial charge >= 0.3 is 0 Å². The fourth-order valence-corrected chi connectivity index (χ4v) is 2.88. The molecule has 2 heterocycles. The lowest BCUT2D eigenvalue weighted by molar-refractivity contribution is 0.240. The van der Waals surface area contributed by atoms with Crippen molar-refractivity contribution in [2.75, 3.05) is 6.54 Å². The predicted octanol–water partition coefficient (Wildman–Crippen LogP) is 2.28. The van der Waals surface area contributed by atoms with Gasteiger partial charge in [0.1, 0.15) is 5.82 Å². The first-order chi connectivity index (χ1) is 10.3. The molecule has 2 aromatic rings. The molecule has 4 heteroatoms. The number of aromatic nitrogens is 2. The molecule has 1 N–H and O–H groups in total. The highest BCUT2D eigenvalue weighted by molar-refractivity contribution is 5.22. The fraction of sp³-hybridized carbons (Fsp3) is 0.412. The molecule has 0 bridgehead atoms. The van der Waals surface area contributed by atoms with Gasteiger partial charge in [0.2, 0.25) is 0 Å². The van der Waals surface area contributed by atoms with E-state index in [0.29, 0.717) is 0 Å². The van der Waals surface area contributed by atoms with Gasteiger partial charge in [0, 0.05) is 31.6 Å². The van der Waals surface area contributed by atoms with Crippen molar-refractivity contribution in [1.82, 2.24) is 14.9 Å². The SMILES string of the molecule is CCCc1nc2c(c(=O)[nH]1)CCN(Cc1ccccc1)C2. The zero-order chi connectivity index (χ0) is 14.7. The third kappa shape index (κ3) is 3.22. The molecule has 1 aromatic heterocycles. The minimum atomic E-state index is 0.0582. The quantitative estimate of drug-likeness (QED) is 0.936. The lowest BCUT2D eigenvalue weighted by Crippen LogP contribution is -2.35. The van der Waals surface area contributed by atoms with E-state index < -0.39 is 0 Å². The molecule has 1 aliphatic rings. The maximum absolute atomic E-state index is 12.1. The van der Waals surface area contributed by atoms with Crippen LogP contribution in [0.4, 0.5) is 0 Å². The second kappa shape index (κ2) is 6.22. The minimum absolute atomic E-state index is 0.0582. The molecule has 1 aromatic carbocycles. The number of hydrogen-bond acceptors (Lipinski definition) is 3. The van der Waals surface area contributed by atoms with E-state index in [1.165, 1.54) is 5.56 Å². The molecule has 110 valence electrons. The van der Waals surface area contributed by atoms with Crippen molar-refractivity contribution in [3.63, 3.8) is 0 Å². The molecule has 3 rings (SSSR count). The Morgan fingerprint density at radius 2 is 2.10 bits per heavy atom. The second-order valence-electron chi connectivity index (χ2n) is 5.63. The molecule has 0 radical (unpaired) electrons. The molecule has 21 heavy (non-hydrogen) atoms. The Morgan fingerprint density at radius 1 is 1.29 bits per heavy atom. The van der Waals surface area contributed by atoms with Crippen LogP contribution in [0, 0.1) is 0 Å². The Labute approximate surface area is 124 Å².